The van der Waals surface area contributed by atoms with Gasteiger partial charge in [-0.3, -0.25) is 19.3 Å². The Bertz CT molecular complexity index is 990. The lowest BCUT2D eigenvalue weighted by Crippen LogP contribution is -2.41. The molecule has 11 heteroatoms. The van der Waals surface area contributed by atoms with Crippen molar-refractivity contribution in [3.8, 4) is 0 Å². The zero-order chi connectivity index (χ0) is 30.0. The molecule has 11 nitrogen and oxygen atoms in total. The van der Waals surface area contributed by atoms with Gasteiger partial charge >= 0.3 is 0 Å². The highest BCUT2D eigenvalue weighted by atomic mass is 16.5. The van der Waals surface area contributed by atoms with Gasteiger partial charge in [-0.2, -0.15) is 0 Å². The van der Waals surface area contributed by atoms with Gasteiger partial charge in [-0.25, -0.2) is 4.68 Å². The van der Waals surface area contributed by atoms with E-state index in [4.69, 9.17) is 14.2 Å². The molecule has 1 aromatic rings. The third-order valence-electron chi connectivity index (χ3n) is 8.16. The van der Waals surface area contributed by atoms with Crippen LogP contribution in [0.5, 0.6) is 0 Å². The summed E-state index contributed by atoms with van der Waals surface area (Å²) in [6.07, 6.45) is 5.44. The fourth-order valence-corrected chi connectivity index (χ4v) is 5.39. The third kappa shape index (κ3) is 10.4. The molecule has 0 N–H and O–H groups in total. The molecule has 0 saturated carbocycles. The fraction of sp³-hybridized carbons (Fsp3) is 0.833. The molecule has 2 saturated heterocycles. The summed E-state index contributed by atoms with van der Waals surface area (Å²) in [6, 6.07) is 0. The van der Waals surface area contributed by atoms with Gasteiger partial charge in [0.15, 0.2) is 0 Å². The minimum absolute atomic E-state index is 0.136. The molecule has 0 radical (unpaired) electrons. The maximum absolute atomic E-state index is 12.7. The molecule has 2 aliphatic heterocycles. The van der Waals surface area contributed by atoms with Crippen molar-refractivity contribution in [2.75, 3.05) is 52.7 Å². The van der Waals surface area contributed by atoms with Crippen molar-refractivity contribution in [2.24, 2.45) is 22.7 Å². The smallest absolute Gasteiger partial charge is 0.233 e. The molecule has 3 rings (SSSR count). The lowest BCUT2D eigenvalue weighted by atomic mass is 9.75. The van der Waals surface area contributed by atoms with E-state index in [1.165, 1.54) is 4.90 Å². The average Bonchev–Trinajstić information content (AvgIpc) is 3.48. The summed E-state index contributed by atoms with van der Waals surface area (Å²) in [6.45, 7) is 18.1. The summed E-state index contributed by atoms with van der Waals surface area (Å²) < 4.78 is 18.4. The van der Waals surface area contributed by atoms with Crippen LogP contribution < -0.4 is 0 Å². The summed E-state index contributed by atoms with van der Waals surface area (Å²) in [5, 5.41) is 8.17. The Morgan fingerprint density at radius 2 is 1.51 bits per heavy atom. The first kappa shape index (κ1) is 33.1. The molecule has 0 bridgehead atoms. The standard InChI is InChI=1S/C30H51N5O6/c1-29(2,3)23-9-11-33(12-10-23)26(36)8-7-14-39-16-18-41-19-17-40-15-13-34-21-24(31-32-34)22-35-27(37)20-25(28(35)38)30(4,5)6/h21,23,25H,7-20,22H2,1-6H3. The van der Waals surface area contributed by atoms with Crippen LogP contribution in [0.15, 0.2) is 6.20 Å². The molecule has 1 atom stereocenters. The highest BCUT2D eigenvalue weighted by Gasteiger charge is 2.44. The maximum atomic E-state index is 12.7. The van der Waals surface area contributed by atoms with E-state index in [0.717, 1.165) is 32.4 Å². The normalized spacial score (nSPS) is 19.0. The molecule has 2 fully saturated rings. The van der Waals surface area contributed by atoms with Gasteiger partial charge in [-0.15, -0.1) is 5.10 Å². The third-order valence-corrected chi connectivity index (χ3v) is 8.16. The average molecular weight is 578 g/mol. The van der Waals surface area contributed by atoms with Crippen molar-refractivity contribution in [2.45, 2.75) is 86.7 Å². The second-order valence-electron chi connectivity index (χ2n) is 13.4. The Labute approximate surface area is 245 Å². The van der Waals surface area contributed by atoms with Crippen LogP contribution >= 0.6 is 0 Å². The van der Waals surface area contributed by atoms with Gasteiger partial charge in [-0.1, -0.05) is 46.8 Å². The number of ether oxygens (including phenoxy) is 3. The molecule has 0 spiro atoms. The number of rotatable bonds is 15. The molecule has 2 aliphatic rings. The number of aromatic nitrogens is 3. The first-order chi connectivity index (χ1) is 19.4. The first-order valence-corrected chi connectivity index (χ1v) is 15.1. The second-order valence-corrected chi connectivity index (χ2v) is 13.4. The van der Waals surface area contributed by atoms with Crippen LogP contribution in [0, 0.1) is 22.7 Å². The lowest BCUT2D eigenvalue weighted by molar-refractivity contribution is -0.141. The van der Waals surface area contributed by atoms with Gasteiger partial charge in [0.05, 0.1) is 58.2 Å². The van der Waals surface area contributed by atoms with Crippen molar-refractivity contribution in [1.82, 2.24) is 24.8 Å². The number of nitrogens with zero attached hydrogens (tertiary/aromatic N) is 5. The number of likely N-dealkylation sites (tertiary alicyclic amines) is 2. The summed E-state index contributed by atoms with van der Waals surface area (Å²) >= 11 is 0. The summed E-state index contributed by atoms with van der Waals surface area (Å²) in [5.41, 5.74) is 0.645. The number of amides is 3. The van der Waals surface area contributed by atoms with E-state index in [2.05, 4.69) is 31.1 Å². The molecular formula is C30H51N5O6. The molecule has 1 aromatic heterocycles. The number of imide groups is 1. The molecule has 0 aromatic carbocycles. The van der Waals surface area contributed by atoms with Crippen molar-refractivity contribution in [1.29, 1.82) is 0 Å². The van der Waals surface area contributed by atoms with Crippen molar-refractivity contribution >= 4 is 17.7 Å². The van der Waals surface area contributed by atoms with Crippen LogP contribution in [0.2, 0.25) is 0 Å². The summed E-state index contributed by atoms with van der Waals surface area (Å²) in [7, 11) is 0. The highest BCUT2D eigenvalue weighted by Crippen LogP contribution is 2.36. The minimum Gasteiger partial charge on any atom is -0.379 e. The summed E-state index contributed by atoms with van der Waals surface area (Å²) in [5.74, 6) is 0.340. The summed E-state index contributed by atoms with van der Waals surface area (Å²) in [4.78, 5) is 40.7. The van der Waals surface area contributed by atoms with E-state index in [0.29, 0.717) is 69.6 Å². The fourth-order valence-electron chi connectivity index (χ4n) is 5.39. The maximum Gasteiger partial charge on any atom is 0.233 e. The zero-order valence-electron chi connectivity index (χ0n) is 26.0. The topological polar surface area (TPSA) is 116 Å². The van der Waals surface area contributed by atoms with Crippen LogP contribution in [0.3, 0.4) is 0 Å². The monoisotopic (exact) mass is 577 g/mol. The van der Waals surface area contributed by atoms with Gasteiger partial charge in [0.25, 0.3) is 0 Å². The number of carbonyl (C=O) groups is 3. The van der Waals surface area contributed by atoms with Gasteiger partial charge in [0.1, 0.15) is 5.69 Å². The largest absolute Gasteiger partial charge is 0.379 e. The number of hydrogen-bond acceptors (Lipinski definition) is 8. The predicted octanol–water partition coefficient (Wildman–Crippen LogP) is 3.31. The van der Waals surface area contributed by atoms with Crippen LogP contribution in [-0.2, 0) is 41.7 Å². The molecule has 3 amide bonds. The molecule has 41 heavy (non-hydrogen) atoms. The minimum atomic E-state index is -0.297. The molecule has 3 heterocycles. The number of piperidine rings is 1. The van der Waals surface area contributed by atoms with Gasteiger partial charge in [-0.05, 0) is 36.0 Å². The van der Waals surface area contributed by atoms with Crippen molar-refractivity contribution < 1.29 is 28.6 Å². The predicted molar refractivity (Wildman–Crippen MR) is 154 cm³/mol. The Morgan fingerprint density at radius 1 is 0.902 bits per heavy atom. The van der Waals surface area contributed by atoms with E-state index in [1.54, 1.807) is 10.9 Å². The quantitative estimate of drug-likeness (QED) is 0.230. The Kier molecular flexibility index (Phi) is 12.3. The highest BCUT2D eigenvalue weighted by molar-refractivity contribution is 6.03. The zero-order valence-corrected chi connectivity index (χ0v) is 26.0. The van der Waals surface area contributed by atoms with Crippen LogP contribution in [0.1, 0.15) is 79.3 Å². The first-order valence-electron chi connectivity index (χ1n) is 15.1. The molecule has 0 aliphatic carbocycles. The van der Waals surface area contributed by atoms with E-state index in [1.807, 2.05) is 25.7 Å². The van der Waals surface area contributed by atoms with E-state index >= 15 is 0 Å². The van der Waals surface area contributed by atoms with Crippen LogP contribution in [0.4, 0.5) is 0 Å². The van der Waals surface area contributed by atoms with E-state index < -0.39 is 0 Å². The van der Waals surface area contributed by atoms with Crippen LogP contribution in [0.25, 0.3) is 0 Å². The molecule has 1 unspecified atom stereocenters. The number of hydrogen-bond donors (Lipinski definition) is 0. The van der Waals surface area contributed by atoms with Crippen molar-refractivity contribution in [3.63, 3.8) is 0 Å². The Balaban J connectivity index is 1.15. The van der Waals surface area contributed by atoms with Crippen LogP contribution in [-0.4, -0.2) is 95.2 Å². The van der Waals surface area contributed by atoms with Gasteiger partial charge in [0, 0.05) is 32.5 Å². The number of carbonyl (C=O) groups excluding carboxylic acids is 3. The van der Waals surface area contributed by atoms with Gasteiger partial charge < -0.3 is 19.1 Å². The van der Waals surface area contributed by atoms with E-state index in [-0.39, 0.29) is 42.0 Å². The molecule has 232 valence electrons. The van der Waals surface area contributed by atoms with E-state index in [9.17, 15) is 14.4 Å². The SMILES string of the molecule is CC(C)(C)C1CCN(C(=O)CCCOCCOCCOCCn2cc(CN3C(=O)CC(C(C)(C)C)C3=O)nn2)CC1. The van der Waals surface area contributed by atoms with Crippen molar-refractivity contribution in [3.05, 3.63) is 11.9 Å². The second kappa shape index (κ2) is 15.2. The van der Waals surface area contributed by atoms with Gasteiger partial charge in [0.2, 0.25) is 17.7 Å². The Morgan fingerprint density at radius 3 is 2.10 bits per heavy atom. The lowest BCUT2D eigenvalue weighted by Gasteiger charge is -2.38. The Hall–Kier alpha value is -2.37. The molecular weight excluding hydrogens is 526 g/mol.